The molecule has 0 bridgehead atoms. The number of carbonyl (C=O) groups is 2. The van der Waals surface area contributed by atoms with E-state index >= 15 is 0 Å². The van der Waals surface area contributed by atoms with Crippen LogP contribution in [0.1, 0.15) is 22.8 Å². The average Bonchev–Trinajstić information content (AvgIpc) is 3.03. The summed E-state index contributed by atoms with van der Waals surface area (Å²) in [6, 6.07) is 10.6. The lowest BCUT2D eigenvalue weighted by molar-refractivity contribution is -0.122. The minimum atomic E-state index is -0.522. The van der Waals surface area contributed by atoms with Gasteiger partial charge < -0.3 is 20.1 Å². The van der Waals surface area contributed by atoms with Crippen LogP contribution in [0.25, 0.3) is 0 Å². The Morgan fingerprint density at radius 3 is 2.92 bits per heavy atom. The molecule has 24 heavy (non-hydrogen) atoms. The van der Waals surface area contributed by atoms with E-state index in [1.54, 1.807) is 31.2 Å². The van der Waals surface area contributed by atoms with Crippen molar-refractivity contribution in [2.45, 2.75) is 19.4 Å². The fourth-order valence-corrected chi connectivity index (χ4v) is 2.82. The number of fused-ring (bicyclic) bond motifs is 2. The van der Waals surface area contributed by atoms with E-state index in [0.717, 1.165) is 17.7 Å². The zero-order valence-corrected chi connectivity index (χ0v) is 13.1. The molecule has 4 rings (SSSR count). The smallest absolute Gasteiger partial charge is 0.265 e. The van der Waals surface area contributed by atoms with E-state index < -0.39 is 6.10 Å². The van der Waals surface area contributed by atoms with E-state index in [-0.39, 0.29) is 11.8 Å². The van der Waals surface area contributed by atoms with Gasteiger partial charge in [-0.2, -0.15) is 0 Å². The highest BCUT2D eigenvalue weighted by molar-refractivity contribution is 6.05. The lowest BCUT2D eigenvalue weighted by Crippen LogP contribution is -2.34. The molecule has 2 aliphatic heterocycles. The molecule has 0 fully saturated rings. The maximum Gasteiger partial charge on any atom is 0.265 e. The molecule has 2 N–H and O–H groups in total. The van der Waals surface area contributed by atoms with Crippen molar-refractivity contribution in [3.63, 3.8) is 0 Å². The number of ether oxygens (including phenoxy) is 2. The van der Waals surface area contributed by atoms with Crippen molar-refractivity contribution in [1.82, 2.24) is 0 Å². The molecule has 0 aromatic heterocycles. The summed E-state index contributed by atoms with van der Waals surface area (Å²) in [6.07, 6.45) is 0.295. The lowest BCUT2D eigenvalue weighted by atomic mass is 10.1. The fourth-order valence-electron chi connectivity index (χ4n) is 2.82. The third-order valence-corrected chi connectivity index (χ3v) is 4.12. The normalized spacial score (nSPS) is 17.9. The highest BCUT2D eigenvalue weighted by Crippen LogP contribution is 2.32. The largest absolute Gasteiger partial charge is 0.493 e. The predicted molar refractivity (Wildman–Crippen MR) is 88.8 cm³/mol. The number of nitrogens with one attached hydrogen (secondary N) is 2. The van der Waals surface area contributed by atoms with Gasteiger partial charge in [-0.1, -0.05) is 0 Å². The van der Waals surface area contributed by atoms with Gasteiger partial charge in [0.05, 0.1) is 12.3 Å². The summed E-state index contributed by atoms with van der Waals surface area (Å²) >= 11 is 0. The van der Waals surface area contributed by atoms with Gasteiger partial charge in [-0.3, -0.25) is 9.59 Å². The van der Waals surface area contributed by atoms with E-state index in [2.05, 4.69) is 10.6 Å². The minimum Gasteiger partial charge on any atom is -0.493 e. The first-order chi connectivity index (χ1) is 11.6. The molecule has 2 aromatic carbocycles. The summed E-state index contributed by atoms with van der Waals surface area (Å²) in [5, 5.41) is 5.60. The molecular formula is C18H16N2O4. The molecule has 2 aromatic rings. The highest BCUT2D eigenvalue weighted by Gasteiger charge is 2.23. The van der Waals surface area contributed by atoms with Gasteiger partial charge in [-0.05, 0) is 48.9 Å². The van der Waals surface area contributed by atoms with Gasteiger partial charge in [0.15, 0.2) is 6.10 Å². The van der Waals surface area contributed by atoms with E-state index in [4.69, 9.17) is 9.47 Å². The molecule has 6 heteroatoms. The summed E-state index contributed by atoms with van der Waals surface area (Å²) in [7, 11) is 0. The second-order valence-corrected chi connectivity index (χ2v) is 5.84. The van der Waals surface area contributed by atoms with Crippen LogP contribution < -0.4 is 20.1 Å². The fraction of sp³-hybridized carbons (Fsp3) is 0.222. The summed E-state index contributed by atoms with van der Waals surface area (Å²) in [6.45, 7) is 2.34. The highest BCUT2D eigenvalue weighted by atomic mass is 16.5. The molecule has 0 saturated heterocycles. The zero-order valence-electron chi connectivity index (χ0n) is 13.1. The van der Waals surface area contributed by atoms with Crippen LogP contribution in [0.4, 0.5) is 11.4 Å². The van der Waals surface area contributed by atoms with Gasteiger partial charge in [-0.15, -0.1) is 0 Å². The van der Waals surface area contributed by atoms with Crippen molar-refractivity contribution in [1.29, 1.82) is 0 Å². The van der Waals surface area contributed by atoms with Crippen LogP contribution in [0.5, 0.6) is 11.5 Å². The molecule has 1 atom stereocenters. The topological polar surface area (TPSA) is 76.7 Å². The standard InChI is InChI=1S/C18H16N2O4/c1-10-17(21)20-14-9-13(3-5-16(14)24-10)19-18(22)12-2-4-15-11(8-12)6-7-23-15/h2-5,8-10H,6-7H2,1H3,(H,19,22)(H,20,21). The molecule has 0 aliphatic carbocycles. The van der Waals surface area contributed by atoms with Gasteiger partial charge in [0.25, 0.3) is 11.8 Å². The second-order valence-electron chi connectivity index (χ2n) is 5.84. The van der Waals surface area contributed by atoms with Crippen LogP contribution in [-0.4, -0.2) is 24.5 Å². The number of hydrogen-bond donors (Lipinski definition) is 2. The predicted octanol–water partition coefficient (Wildman–Crippen LogP) is 2.59. The van der Waals surface area contributed by atoms with Crippen molar-refractivity contribution in [3.05, 3.63) is 47.5 Å². The van der Waals surface area contributed by atoms with Crippen molar-refractivity contribution in [2.75, 3.05) is 17.2 Å². The van der Waals surface area contributed by atoms with Crippen LogP contribution in [0.2, 0.25) is 0 Å². The third kappa shape index (κ3) is 2.56. The molecule has 6 nitrogen and oxygen atoms in total. The number of hydrogen-bond acceptors (Lipinski definition) is 4. The quantitative estimate of drug-likeness (QED) is 0.890. The van der Waals surface area contributed by atoms with E-state index in [9.17, 15) is 9.59 Å². The van der Waals surface area contributed by atoms with Gasteiger partial charge >= 0.3 is 0 Å². The van der Waals surface area contributed by atoms with Crippen molar-refractivity contribution in [3.8, 4) is 11.5 Å². The Morgan fingerprint density at radius 2 is 2.04 bits per heavy atom. The summed E-state index contributed by atoms with van der Waals surface area (Å²) in [5.41, 5.74) is 2.76. The third-order valence-electron chi connectivity index (χ3n) is 4.12. The lowest BCUT2D eigenvalue weighted by Gasteiger charge is -2.23. The average molecular weight is 324 g/mol. The molecule has 2 heterocycles. The first-order valence-electron chi connectivity index (χ1n) is 7.79. The number of rotatable bonds is 2. The minimum absolute atomic E-state index is 0.204. The van der Waals surface area contributed by atoms with E-state index in [0.29, 0.717) is 29.3 Å². The Hall–Kier alpha value is -3.02. The van der Waals surface area contributed by atoms with Gasteiger partial charge in [0.2, 0.25) is 0 Å². The molecule has 0 saturated carbocycles. The molecule has 2 aliphatic rings. The number of carbonyl (C=O) groups excluding carboxylic acids is 2. The van der Waals surface area contributed by atoms with Crippen molar-refractivity contribution >= 4 is 23.2 Å². The Labute approximate surface area is 138 Å². The van der Waals surface area contributed by atoms with Crippen LogP contribution >= 0.6 is 0 Å². The first kappa shape index (κ1) is 14.6. The Bertz CT molecular complexity index is 847. The van der Waals surface area contributed by atoms with Crippen LogP contribution in [-0.2, 0) is 11.2 Å². The first-order valence-corrected chi connectivity index (χ1v) is 7.79. The summed E-state index contributed by atoms with van der Waals surface area (Å²) < 4.78 is 10.9. The molecule has 0 spiro atoms. The second kappa shape index (κ2) is 5.56. The van der Waals surface area contributed by atoms with Crippen molar-refractivity contribution < 1.29 is 19.1 Å². The van der Waals surface area contributed by atoms with Crippen molar-refractivity contribution in [2.24, 2.45) is 0 Å². The summed E-state index contributed by atoms with van der Waals surface area (Å²) in [4.78, 5) is 24.1. The summed E-state index contributed by atoms with van der Waals surface area (Å²) in [5.74, 6) is 1.02. The number of benzene rings is 2. The molecular weight excluding hydrogens is 308 g/mol. The zero-order chi connectivity index (χ0) is 16.7. The van der Waals surface area contributed by atoms with Crippen LogP contribution in [0.15, 0.2) is 36.4 Å². The number of amides is 2. The maximum atomic E-state index is 12.4. The SMILES string of the molecule is CC1Oc2ccc(NC(=O)c3ccc4c(c3)CCO4)cc2NC1=O. The maximum absolute atomic E-state index is 12.4. The molecule has 1 unspecified atom stereocenters. The molecule has 122 valence electrons. The number of anilines is 2. The van der Waals surface area contributed by atoms with Gasteiger partial charge in [0, 0.05) is 17.7 Å². The van der Waals surface area contributed by atoms with Gasteiger partial charge in [-0.25, -0.2) is 0 Å². The Balaban J connectivity index is 1.54. The van der Waals surface area contributed by atoms with Gasteiger partial charge in [0.1, 0.15) is 11.5 Å². The Morgan fingerprint density at radius 1 is 1.21 bits per heavy atom. The molecule has 2 amide bonds. The Kier molecular flexibility index (Phi) is 3.37. The molecule has 0 radical (unpaired) electrons. The van der Waals surface area contributed by atoms with Crippen LogP contribution in [0, 0.1) is 0 Å². The van der Waals surface area contributed by atoms with E-state index in [1.165, 1.54) is 0 Å². The van der Waals surface area contributed by atoms with Crippen LogP contribution in [0.3, 0.4) is 0 Å². The monoisotopic (exact) mass is 324 g/mol. The van der Waals surface area contributed by atoms with E-state index in [1.807, 2.05) is 12.1 Å².